The van der Waals surface area contributed by atoms with E-state index in [1.807, 2.05) is 91.1 Å². The maximum atomic E-state index is 13.4. The molecule has 0 radical (unpaired) electrons. The molecule has 3 aromatic carbocycles. The van der Waals surface area contributed by atoms with Crippen LogP contribution in [0.5, 0.6) is 0 Å². The summed E-state index contributed by atoms with van der Waals surface area (Å²) in [4.78, 5) is 24.1. The Kier molecular flexibility index (Phi) is 8.51. The summed E-state index contributed by atoms with van der Waals surface area (Å²) in [6.07, 6.45) is 4.04. The first-order valence-corrected chi connectivity index (χ1v) is 13.2. The molecule has 1 saturated heterocycles. The van der Waals surface area contributed by atoms with Gasteiger partial charge in [-0.3, -0.25) is 9.63 Å². The smallest absolute Gasteiger partial charge is 0.254 e. The summed E-state index contributed by atoms with van der Waals surface area (Å²) in [5, 5.41) is 26.1. The lowest BCUT2D eigenvalue weighted by Crippen LogP contribution is -2.53. The van der Waals surface area contributed by atoms with Crippen LogP contribution in [0.25, 0.3) is 23.1 Å². The van der Waals surface area contributed by atoms with Crippen molar-refractivity contribution in [3.63, 3.8) is 0 Å². The van der Waals surface area contributed by atoms with E-state index in [1.54, 1.807) is 6.92 Å². The van der Waals surface area contributed by atoms with Gasteiger partial charge in [-0.15, -0.1) is 0 Å². The van der Waals surface area contributed by atoms with Crippen LogP contribution < -0.4 is 5.32 Å². The number of rotatable bonds is 10. The van der Waals surface area contributed by atoms with Crippen LogP contribution in [0.4, 0.5) is 0 Å². The number of aliphatic hydroxyl groups is 2. The lowest BCUT2D eigenvalue weighted by atomic mass is 10.1. The normalized spacial score (nSPS) is 19.2. The van der Waals surface area contributed by atoms with Crippen LogP contribution in [0.15, 0.2) is 85.1 Å². The number of hydroxylamine groups is 2. The molecule has 4 aromatic rings. The van der Waals surface area contributed by atoms with Gasteiger partial charge in [0.05, 0.1) is 19.4 Å². The average molecular weight is 527 g/mol. The molecule has 1 amide bonds. The molecule has 1 aromatic heterocycles. The molecule has 2 heterocycles. The van der Waals surface area contributed by atoms with Gasteiger partial charge in [0.25, 0.3) is 5.91 Å². The van der Waals surface area contributed by atoms with Crippen LogP contribution in [0.3, 0.4) is 0 Å². The van der Waals surface area contributed by atoms with Crippen LogP contribution in [0.2, 0.25) is 0 Å². The molecular weight excluding hydrogens is 492 g/mol. The maximum absolute atomic E-state index is 13.4. The maximum Gasteiger partial charge on any atom is 0.254 e. The van der Waals surface area contributed by atoms with Crippen molar-refractivity contribution >= 4 is 29.0 Å². The van der Waals surface area contributed by atoms with Crippen molar-refractivity contribution in [1.82, 2.24) is 20.3 Å². The number of para-hydroxylation sites is 1. The second-order valence-corrected chi connectivity index (χ2v) is 9.73. The van der Waals surface area contributed by atoms with Gasteiger partial charge in [0, 0.05) is 23.6 Å². The minimum Gasteiger partial charge on any atom is -0.389 e. The molecule has 8 nitrogen and oxygen atoms in total. The van der Waals surface area contributed by atoms with Crippen molar-refractivity contribution in [2.24, 2.45) is 0 Å². The standard InChI is InChI=1S/C31H34N4O4/c1-22(37)31-34(21-36)30(29(38)32-17-16-26-19-33-28-13-6-5-12-27(26)28)35(39-31)20-25-11-7-10-24(18-25)15-14-23-8-3-2-4-9-23/h2-15,18-19,22,30-31,33,36-37H,16-17,20-21H2,1H3,(H,32,38)/b15-14+/t22-,30?,31+/m0/s1. The van der Waals surface area contributed by atoms with Gasteiger partial charge in [0.15, 0.2) is 12.4 Å². The summed E-state index contributed by atoms with van der Waals surface area (Å²) in [6, 6.07) is 26.1. The Hall–Kier alpha value is -3.79. The zero-order chi connectivity index (χ0) is 27.2. The molecule has 39 heavy (non-hydrogen) atoms. The highest BCUT2D eigenvalue weighted by molar-refractivity contribution is 5.84. The molecule has 1 aliphatic heterocycles. The molecule has 5 rings (SSSR count). The number of hydrogen-bond donors (Lipinski definition) is 4. The van der Waals surface area contributed by atoms with Crippen molar-refractivity contribution in [2.75, 3.05) is 13.3 Å². The summed E-state index contributed by atoms with van der Waals surface area (Å²) in [5.41, 5.74) is 5.23. The number of amides is 1. The number of carbonyl (C=O) groups is 1. The number of nitrogens with one attached hydrogen (secondary N) is 2. The van der Waals surface area contributed by atoms with E-state index in [2.05, 4.69) is 16.4 Å². The van der Waals surface area contributed by atoms with E-state index in [4.69, 9.17) is 4.84 Å². The Morgan fingerprint density at radius 1 is 1.05 bits per heavy atom. The third-order valence-corrected chi connectivity index (χ3v) is 6.89. The SMILES string of the molecule is C[C@H](O)[C@H]1ON(Cc2cccc(/C=C/c3ccccc3)c2)C(C(=O)NCCc2c[nH]c3ccccc23)N1CO. The minimum absolute atomic E-state index is 0.299. The number of carbonyl (C=O) groups excluding carboxylic acids is 1. The van der Waals surface area contributed by atoms with Gasteiger partial charge in [-0.2, -0.15) is 5.06 Å². The van der Waals surface area contributed by atoms with Gasteiger partial charge in [0.1, 0.15) is 0 Å². The third-order valence-electron chi connectivity index (χ3n) is 6.89. The monoisotopic (exact) mass is 526 g/mol. The highest BCUT2D eigenvalue weighted by Crippen LogP contribution is 2.27. The number of hydrogen-bond acceptors (Lipinski definition) is 6. The molecule has 0 saturated carbocycles. The first-order valence-electron chi connectivity index (χ1n) is 13.2. The molecular formula is C31H34N4O4. The zero-order valence-corrected chi connectivity index (χ0v) is 21.9. The highest BCUT2D eigenvalue weighted by Gasteiger charge is 2.46. The third kappa shape index (κ3) is 6.27. The number of benzene rings is 3. The summed E-state index contributed by atoms with van der Waals surface area (Å²) in [5.74, 6) is -0.299. The molecule has 1 fully saturated rings. The van der Waals surface area contributed by atoms with Crippen LogP contribution in [0.1, 0.15) is 29.2 Å². The van der Waals surface area contributed by atoms with Crippen molar-refractivity contribution < 1.29 is 19.8 Å². The number of aromatic amines is 1. The fraction of sp³-hybridized carbons (Fsp3) is 0.258. The Balaban J connectivity index is 1.29. The number of aromatic nitrogens is 1. The first kappa shape index (κ1) is 26.8. The van der Waals surface area contributed by atoms with Crippen LogP contribution in [-0.4, -0.2) is 62.8 Å². The molecule has 0 bridgehead atoms. The molecule has 1 aliphatic rings. The second-order valence-electron chi connectivity index (χ2n) is 9.73. The molecule has 3 atom stereocenters. The van der Waals surface area contributed by atoms with E-state index in [-0.39, 0.29) is 5.91 Å². The molecule has 4 N–H and O–H groups in total. The predicted molar refractivity (Wildman–Crippen MR) is 152 cm³/mol. The van der Waals surface area contributed by atoms with E-state index < -0.39 is 25.2 Å². The Morgan fingerprint density at radius 2 is 1.79 bits per heavy atom. The van der Waals surface area contributed by atoms with Gasteiger partial charge in [-0.1, -0.05) is 84.9 Å². The fourth-order valence-electron chi connectivity index (χ4n) is 4.97. The zero-order valence-electron chi connectivity index (χ0n) is 21.9. The summed E-state index contributed by atoms with van der Waals surface area (Å²) in [6.45, 7) is 1.86. The number of fused-ring (bicyclic) bond motifs is 1. The predicted octanol–water partition coefficient (Wildman–Crippen LogP) is 3.73. The first-order chi connectivity index (χ1) is 19.0. The van der Waals surface area contributed by atoms with Gasteiger partial charge in [-0.25, -0.2) is 4.90 Å². The van der Waals surface area contributed by atoms with Crippen molar-refractivity contribution in [3.05, 3.63) is 107 Å². The summed E-state index contributed by atoms with van der Waals surface area (Å²) in [7, 11) is 0. The van der Waals surface area contributed by atoms with E-state index in [9.17, 15) is 15.0 Å². The van der Waals surface area contributed by atoms with Gasteiger partial charge >= 0.3 is 0 Å². The van der Waals surface area contributed by atoms with E-state index in [0.717, 1.165) is 33.2 Å². The topological polar surface area (TPSA) is 101 Å². The molecule has 0 aliphatic carbocycles. The Morgan fingerprint density at radius 3 is 2.59 bits per heavy atom. The lowest BCUT2D eigenvalue weighted by Gasteiger charge is -2.26. The van der Waals surface area contributed by atoms with Crippen LogP contribution in [0, 0.1) is 0 Å². The molecule has 0 spiro atoms. The minimum atomic E-state index is -0.913. The summed E-state index contributed by atoms with van der Waals surface area (Å²) < 4.78 is 0. The van der Waals surface area contributed by atoms with Gasteiger partial charge < -0.3 is 20.5 Å². The lowest BCUT2D eigenvalue weighted by molar-refractivity contribution is -0.195. The van der Waals surface area contributed by atoms with Gasteiger partial charge in [-0.05, 0) is 41.7 Å². The molecule has 202 valence electrons. The van der Waals surface area contributed by atoms with Crippen LogP contribution in [-0.2, 0) is 22.6 Å². The van der Waals surface area contributed by atoms with Crippen molar-refractivity contribution in [1.29, 1.82) is 0 Å². The highest BCUT2D eigenvalue weighted by atomic mass is 16.7. The van der Waals surface area contributed by atoms with Crippen molar-refractivity contribution in [2.45, 2.75) is 38.4 Å². The number of aliphatic hydroxyl groups excluding tert-OH is 2. The largest absolute Gasteiger partial charge is 0.389 e. The van der Waals surface area contributed by atoms with Gasteiger partial charge in [0.2, 0.25) is 0 Å². The van der Waals surface area contributed by atoms with E-state index in [1.165, 1.54) is 9.96 Å². The second kappa shape index (κ2) is 12.4. The molecule has 1 unspecified atom stereocenters. The number of H-pyrrole nitrogens is 1. The number of nitrogens with zero attached hydrogens (tertiary/aromatic N) is 2. The van der Waals surface area contributed by atoms with Crippen molar-refractivity contribution in [3.8, 4) is 0 Å². The molecule has 8 heteroatoms. The van der Waals surface area contributed by atoms with E-state index >= 15 is 0 Å². The Bertz CT molecular complexity index is 1420. The average Bonchev–Trinajstić information content (AvgIpc) is 3.54. The summed E-state index contributed by atoms with van der Waals surface area (Å²) >= 11 is 0. The van der Waals surface area contributed by atoms with Crippen LogP contribution >= 0.6 is 0 Å². The Labute approximate surface area is 228 Å². The van der Waals surface area contributed by atoms with E-state index in [0.29, 0.717) is 19.5 Å². The quantitative estimate of drug-likeness (QED) is 0.235. The fourth-order valence-corrected chi connectivity index (χ4v) is 4.97.